The normalized spacial score (nSPS) is 10.3. The van der Waals surface area contributed by atoms with Crippen LogP contribution in [0.1, 0.15) is 18.1 Å². The molecule has 0 atom stereocenters. The molecule has 1 amide bonds. The van der Waals surface area contributed by atoms with Crippen molar-refractivity contribution >= 4 is 5.91 Å². The monoisotopic (exact) mass is 301 g/mol. The molecule has 0 aromatic heterocycles. The predicted molar refractivity (Wildman–Crippen MR) is 84.4 cm³/mol. The van der Waals surface area contributed by atoms with E-state index in [2.05, 4.69) is 12.2 Å². The highest BCUT2D eigenvalue weighted by Crippen LogP contribution is 2.12. The summed E-state index contributed by atoms with van der Waals surface area (Å²) in [5.41, 5.74) is 1.82. The Labute approximate surface area is 130 Å². The molecule has 0 spiro atoms. The van der Waals surface area contributed by atoms with E-state index >= 15 is 0 Å². The van der Waals surface area contributed by atoms with Crippen LogP contribution >= 0.6 is 0 Å². The summed E-state index contributed by atoms with van der Waals surface area (Å²) >= 11 is 0. The summed E-state index contributed by atoms with van der Waals surface area (Å²) < 4.78 is 18.8. The van der Waals surface area contributed by atoms with Crippen molar-refractivity contribution in [3.8, 4) is 5.75 Å². The van der Waals surface area contributed by atoms with Gasteiger partial charge in [-0.15, -0.1) is 0 Å². The Kier molecular flexibility index (Phi) is 5.95. The maximum absolute atomic E-state index is 13.4. The molecule has 1 N–H and O–H groups in total. The van der Waals surface area contributed by atoms with Gasteiger partial charge in [-0.3, -0.25) is 4.79 Å². The first-order valence-corrected chi connectivity index (χ1v) is 7.41. The summed E-state index contributed by atoms with van der Waals surface area (Å²) in [7, 11) is 0. The number of rotatable bonds is 7. The van der Waals surface area contributed by atoms with Crippen LogP contribution in [0.2, 0.25) is 0 Å². The summed E-state index contributed by atoms with van der Waals surface area (Å²) in [6.07, 6.45) is 1.43. The predicted octanol–water partition coefficient (Wildman–Crippen LogP) is 3.13. The first-order valence-electron chi connectivity index (χ1n) is 7.41. The van der Waals surface area contributed by atoms with Gasteiger partial charge in [0, 0.05) is 6.54 Å². The Morgan fingerprint density at radius 2 is 1.86 bits per heavy atom. The molecule has 0 aliphatic carbocycles. The van der Waals surface area contributed by atoms with Gasteiger partial charge in [0.05, 0.1) is 0 Å². The summed E-state index contributed by atoms with van der Waals surface area (Å²) in [6.45, 7) is 2.43. The van der Waals surface area contributed by atoms with Crippen LogP contribution in [0.4, 0.5) is 4.39 Å². The molecule has 0 unspecified atom stereocenters. The van der Waals surface area contributed by atoms with Crippen molar-refractivity contribution in [3.63, 3.8) is 0 Å². The molecule has 0 saturated heterocycles. The highest BCUT2D eigenvalue weighted by Gasteiger charge is 2.04. The second-order valence-corrected chi connectivity index (χ2v) is 4.98. The number of aryl methyl sites for hydroxylation is 1. The average molecular weight is 301 g/mol. The lowest BCUT2D eigenvalue weighted by atomic mass is 10.1. The van der Waals surface area contributed by atoms with E-state index in [1.807, 2.05) is 24.3 Å². The van der Waals surface area contributed by atoms with Gasteiger partial charge in [-0.25, -0.2) is 4.39 Å². The third-order valence-electron chi connectivity index (χ3n) is 3.38. The molecule has 4 heteroatoms. The van der Waals surface area contributed by atoms with E-state index in [0.29, 0.717) is 24.3 Å². The minimum atomic E-state index is -0.246. The largest absolute Gasteiger partial charge is 0.484 e. The average Bonchev–Trinajstić information content (AvgIpc) is 2.55. The lowest BCUT2D eigenvalue weighted by molar-refractivity contribution is -0.123. The number of amides is 1. The van der Waals surface area contributed by atoms with E-state index in [-0.39, 0.29) is 18.3 Å². The Morgan fingerprint density at radius 1 is 1.14 bits per heavy atom. The highest BCUT2D eigenvalue weighted by atomic mass is 19.1. The molecule has 2 aromatic carbocycles. The fourth-order valence-electron chi connectivity index (χ4n) is 2.06. The number of ether oxygens (including phenoxy) is 1. The van der Waals surface area contributed by atoms with Gasteiger partial charge in [0.25, 0.3) is 5.91 Å². The van der Waals surface area contributed by atoms with Crippen LogP contribution in [0.25, 0.3) is 0 Å². The van der Waals surface area contributed by atoms with Gasteiger partial charge in [0.2, 0.25) is 0 Å². The molecule has 2 aromatic rings. The van der Waals surface area contributed by atoms with Crippen LogP contribution < -0.4 is 10.1 Å². The minimum Gasteiger partial charge on any atom is -0.484 e. The van der Waals surface area contributed by atoms with Gasteiger partial charge < -0.3 is 10.1 Å². The Hall–Kier alpha value is -2.36. The number of hydrogen-bond donors (Lipinski definition) is 1. The molecule has 3 nitrogen and oxygen atoms in total. The number of hydrogen-bond acceptors (Lipinski definition) is 2. The molecule has 0 bridgehead atoms. The summed E-state index contributed by atoms with van der Waals surface area (Å²) in [6, 6.07) is 14.2. The van der Waals surface area contributed by atoms with Gasteiger partial charge in [-0.05, 0) is 42.2 Å². The van der Waals surface area contributed by atoms with Gasteiger partial charge in [-0.2, -0.15) is 0 Å². The van der Waals surface area contributed by atoms with Gasteiger partial charge in [-0.1, -0.05) is 37.3 Å². The molecular weight excluding hydrogens is 281 g/mol. The fourth-order valence-corrected chi connectivity index (χ4v) is 2.06. The zero-order chi connectivity index (χ0) is 15.8. The molecule has 2 rings (SSSR count). The van der Waals surface area contributed by atoms with E-state index in [1.54, 1.807) is 18.2 Å². The topological polar surface area (TPSA) is 38.3 Å². The van der Waals surface area contributed by atoms with Gasteiger partial charge in [0.1, 0.15) is 11.6 Å². The van der Waals surface area contributed by atoms with Crippen LogP contribution in [-0.4, -0.2) is 19.1 Å². The fraction of sp³-hybridized carbons (Fsp3) is 0.278. The standard InChI is InChI=1S/C18H20FNO2/c1-2-14-7-9-16(10-8-14)22-13-18(21)20-12-11-15-5-3-4-6-17(15)19/h3-10H,2,11-13H2,1H3,(H,20,21). The SMILES string of the molecule is CCc1ccc(OCC(=O)NCCc2ccccc2F)cc1. The first-order chi connectivity index (χ1) is 10.7. The summed E-state index contributed by atoms with van der Waals surface area (Å²) in [4.78, 5) is 11.7. The Bertz CT molecular complexity index is 611. The van der Waals surface area contributed by atoms with Crippen molar-refractivity contribution in [1.29, 1.82) is 0 Å². The molecule has 0 fully saturated rings. The van der Waals surface area contributed by atoms with E-state index in [4.69, 9.17) is 4.74 Å². The summed E-state index contributed by atoms with van der Waals surface area (Å²) in [5.74, 6) is 0.210. The molecule has 0 aliphatic rings. The first kappa shape index (κ1) is 16.0. The van der Waals surface area contributed by atoms with Crippen LogP contribution in [-0.2, 0) is 17.6 Å². The van der Waals surface area contributed by atoms with E-state index in [0.717, 1.165) is 6.42 Å². The van der Waals surface area contributed by atoms with Crippen molar-refractivity contribution in [2.45, 2.75) is 19.8 Å². The number of halogens is 1. The number of nitrogens with one attached hydrogen (secondary N) is 1. The molecule has 22 heavy (non-hydrogen) atoms. The van der Waals surface area contributed by atoms with Crippen molar-refractivity contribution < 1.29 is 13.9 Å². The van der Waals surface area contributed by atoms with Crippen LogP contribution in [0.3, 0.4) is 0 Å². The third-order valence-corrected chi connectivity index (χ3v) is 3.38. The van der Waals surface area contributed by atoms with Crippen molar-refractivity contribution in [2.24, 2.45) is 0 Å². The van der Waals surface area contributed by atoms with Crippen molar-refractivity contribution in [2.75, 3.05) is 13.2 Å². The van der Waals surface area contributed by atoms with Crippen LogP contribution in [0.15, 0.2) is 48.5 Å². The molecule has 0 radical (unpaired) electrons. The second-order valence-electron chi connectivity index (χ2n) is 4.98. The number of carbonyl (C=O) groups excluding carboxylic acids is 1. The third kappa shape index (κ3) is 4.88. The minimum absolute atomic E-state index is 0.0389. The second kappa shape index (κ2) is 8.17. The van der Waals surface area contributed by atoms with Crippen molar-refractivity contribution in [1.82, 2.24) is 5.32 Å². The van der Waals surface area contributed by atoms with E-state index in [1.165, 1.54) is 11.6 Å². The molecule has 0 aliphatic heterocycles. The Balaban J connectivity index is 1.70. The van der Waals surface area contributed by atoms with Crippen molar-refractivity contribution in [3.05, 3.63) is 65.5 Å². The van der Waals surface area contributed by atoms with E-state index in [9.17, 15) is 9.18 Å². The maximum Gasteiger partial charge on any atom is 0.257 e. The molecule has 0 heterocycles. The zero-order valence-electron chi connectivity index (χ0n) is 12.6. The zero-order valence-corrected chi connectivity index (χ0v) is 12.6. The molecular formula is C18H20FNO2. The summed E-state index contributed by atoms with van der Waals surface area (Å²) in [5, 5.41) is 2.72. The lowest BCUT2D eigenvalue weighted by Crippen LogP contribution is -2.30. The van der Waals surface area contributed by atoms with Crippen LogP contribution in [0, 0.1) is 5.82 Å². The molecule has 0 saturated carbocycles. The van der Waals surface area contributed by atoms with Gasteiger partial charge in [0.15, 0.2) is 6.61 Å². The lowest BCUT2D eigenvalue weighted by Gasteiger charge is -2.08. The Morgan fingerprint density at radius 3 is 2.55 bits per heavy atom. The molecule has 116 valence electrons. The maximum atomic E-state index is 13.4. The van der Waals surface area contributed by atoms with Gasteiger partial charge >= 0.3 is 0 Å². The van der Waals surface area contributed by atoms with E-state index < -0.39 is 0 Å². The number of benzene rings is 2. The van der Waals surface area contributed by atoms with Crippen LogP contribution in [0.5, 0.6) is 5.75 Å². The highest BCUT2D eigenvalue weighted by molar-refractivity contribution is 5.77. The smallest absolute Gasteiger partial charge is 0.257 e. The quantitative estimate of drug-likeness (QED) is 0.853. The number of carbonyl (C=O) groups is 1.